The molecule has 0 aromatic heterocycles. The van der Waals surface area contributed by atoms with E-state index in [1.54, 1.807) is 0 Å². The van der Waals surface area contributed by atoms with Crippen molar-refractivity contribution in [3.63, 3.8) is 0 Å². The van der Waals surface area contributed by atoms with Crippen LogP contribution in [0.3, 0.4) is 0 Å². The third kappa shape index (κ3) is 3.11. The largest absolute Gasteiger partial charge is 0.406 e. The summed E-state index contributed by atoms with van der Waals surface area (Å²) in [6, 6.07) is -0.963. The maximum Gasteiger partial charge on any atom is 0.406 e. The van der Waals surface area contributed by atoms with Crippen LogP contribution in [0.2, 0.25) is 0 Å². The zero-order valence-electron chi connectivity index (χ0n) is 8.80. The van der Waals surface area contributed by atoms with Crippen molar-refractivity contribution in [3.8, 4) is 0 Å². The number of carbonyl (C=O) groups is 2. The molecule has 1 saturated heterocycles. The highest BCUT2D eigenvalue weighted by Crippen LogP contribution is 2.21. The van der Waals surface area contributed by atoms with Crippen molar-refractivity contribution in [3.05, 3.63) is 0 Å². The molecular formula is C9H13F3N2O2. The first-order chi connectivity index (χ1) is 7.35. The molecule has 0 bridgehead atoms. The van der Waals surface area contributed by atoms with Crippen molar-refractivity contribution in [1.82, 2.24) is 10.2 Å². The summed E-state index contributed by atoms with van der Waals surface area (Å²) in [6.45, 7) is 0.440. The van der Waals surface area contributed by atoms with Crippen molar-refractivity contribution in [2.75, 3.05) is 13.1 Å². The molecule has 1 heterocycles. The Kier molecular flexibility index (Phi) is 3.77. The maximum atomic E-state index is 12.1. The lowest BCUT2D eigenvalue weighted by Gasteiger charge is -2.31. The number of urea groups is 1. The van der Waals surface area contributed by atoms with Gasteiger partial charge >= 0.3 is 12.2 Å². The molecule has 4 nitrogen and oxygen atoms in total. The van der Waals surface area contributed by atoms with Crippen LogP contribution < -0.4 is 5.32 Å². The van der Waals surface area contributed by atoms with Gasteiger partial charge in [-0.05, 0) is 6.42 Å². The molecule has 1 rings (SSSR count). The fourth-order valence-corrected chi connectivity index (χ4v) is 1.62. The summed E-state index contributed by atoms with van der Waals surface area (Å²) < 4.78 is 36.4. The molecule has 0 aromatic carbocycles. The number of hydrogen-bond donors (Lipinski definition) is 1. The normalized spacial score (nSPS) is 22.2. The van der Waals surface area contributed by atoms with Gasteiger partial charge in [-0.3, -0.25) is 9.69 Å². The van der Waals surface area contributed by atoms with Gasteiger partial charge in [-0.15, -0.1) is 0 Å². The van der Waals surface area contributed by atoms with Crippen LogP contribution in [-0.4, -0.2) is 36.1 Å². The van der Waals surface area contributed by atoms with Gasteiger partial charge in [0.2, 0.25) is 5.91 Å². The third-order valence-electron chi connectivity index (χ3n) is 2.33. The fourth-order valence-electron chi connectivity index (χ4n) is 1.62. The first-order valence-electron chi connectivity index (χ1n) is 5.01. The number of hydrogen-bond acceptors (Lipinski definition) is 2. The Morgan fingerprint density at radius 1 is 1.44 bits per heavy atom. The Labute approximate surface area is 90.8 Å². The lowest BCUT2D eigenvalue weighted by Crippen LogP contribution is -2.57. The molecule has 3 amide bonds. The second-order valence-electron chi connectivity index (χ2n) is 3.71. The minimum Gasteiger partial charge on any atom is -0.337 e. The van der Waals surface area contributed by atoms with Crippen LogP contribution in [0, 0.1) is 5.92 Å². The van der Waals surface area contributed by atoms with Crippen molar-refractivity contribution < 1.29 is 22.8 Å². The summed E-state index contributed by atoms with van der Waals surface area (Å²) in [4.78, 5) is 22.9. The van der Waals surface area contributed by atoms with Gasteiger partial charge in [0.15, 0.2) is 0 Å². The van der Waals surface area contributed by atoms with E-state index in [0.717, 1.165) is 0 Å². The molecule has 1 atom stereocenters. The highest BCUT2D eigenvalue weighted by atomic mass is 19.4. The van der Waals surface area contributed by atoms with Crippen LogP contribution in [0.1, 0.15) is 19.8 Å². The van der Waals surface area contributed by atoms with E-state index in [0.29, 0.717) is 12.8 Å². The summed E-state index contributed by atoms with van der Waals surface area (Å²) in [6.07, 6.45) is -3.39. The summed E-state index contributed by atoms with van der Waals surface area (Å²) in [7, 11) is 0. The summed E-state index contributed by atoms with van der Waals surface area (Å²) in [5, 5.41) is 2.29. The number of imide groups is 1. The number of halogens is 3. The summed E-state index contributed by atoms with van der Waals surface area (Å²) >= 11 is 0. The molecule has 0 spiro atoms. The second-order valence-corrected chi connectivity index (χ2v) is 3.71. The molecule has 7 heteroatoms. The van der Waals surface area contributed by atoms with Crippen LogP contribution in [-0.2, 0) is 4.79 Å². The van der Waals surface area contributed by atoms with E-state index >= 15 is 0 Å². The van der Waals surface area contributed by atoms with Crippen LogP contribution in [0.15, 0.2) is 0 Å². The number of rotatable bonds is 3. The molecule has 0 saturated carbocycles. The van der Waals surface area contributed by atoms with Crippen LogP contribution >= 0.6 is 0 Å². The van der Waals surface area contributed by atoms with E-state index < -0.39 is 30.6 Å². The Hall–Kier alpha value is -1.27. The number of amides is 3. The molecule has 92 valence electrons. The lowest BCUT2D eigenvalue weighted by atomic mass is 10.0. The van der Waals surface area contributed by atoms with Gasteiger partial charge in [0.25, 0.3) is 0 Å². The van der Waals surface area contributed by atoms with E-state index in [4.69, 9.17) is 0 Å². The van der Waals surface area contributed by atoms with Gasteiger partial charge in [0.1, 0.15) is 6.54 Å². The molecule has 0 aliphatic carbocycles. The maximum absolute atomic E-state index is 12.1. The quantitative estimate of drug-likeness (QED) is 0.810. The van der Waals surface area contributed by atoms with E-state index in [9.17, 15) is 22.8 Å². The minimum absolute atomic E-state index is 0.125. The van der Waals surface area contributed by atoms with Crippen molar-refractivity contribution in [1.29, 1.82) is 0 Å². The molecule has 0 aromatic rings. The SMILES string of the molecule is CCCC1CNC(=O)N(CC(F)(F)F)C1=O. The first-order valence-corrected chi connectivity index (χ1v) is 5.01. The zero-order valence-corrected chi connectivity index (χ0v) is 8.80. The van der Waals surface area contributed by atoms with Crippen LogP contribution in [0.4, 0.5) is 18.0 Å². The minimum atomic E-state index is -4.55. The lowest BCUT2D eigenvalue weighted by molar-refractivity contribution is -0.159. The predicted molar refractivity (Wildman–Crippen MR) is 49.6 cm³/mol. The Morgan fingerprint density at radius 3 is 2.56 bits per heavy atom. The van der Waals surface area contributed by atoms with Gasteiger partial charge in [-0.2, -0.15) is 13.2 Å². The molecule has 1 N–H and O–H groups in total. The average Bonchev–Trinajstić information content (AvgIpc) is 2.16. The average molecular weight is 238 g/mol. The molecule has 1 fully saturated rings. The second kappa shape index (κ2) is 4.71. The van der Waals surface area contributed by atoms with Crippen molar-refractivity contribution in [2.45, 2.75) is 25.9 Å². The van der Waals surface area contributed by atoms with E-state index in [2.05, 4.69) is 5.32 Å². The monoisotopic (exact) mass is 238 g/mol. The fraction of sp³-hybridized carbons (Fsp3) is 0.778. The van der Waals surface area contributed by atoms with Crippen molar-refractivity contribution >= 4 is 11.9 Å². The molecule has 1 aliphatic heterocycles. The third-order valence-corrected chi connectivity index (χ3v) is 2.33. The van der Waals surface area contributed by atoms with Gasteiger partial charge in [0.05, 0.1) is 5.92 Å². The van der Waals surface area contributed by atoms with Crippen LogP contribution in [0.25, 0.3) is 0 Å². The standard InChI is InChI=1S/C9H13F3N2O2/c1-2-3-6-4-13-8(16)14(7(6)15)5-9(10,11)12/h6H,2-5H2,1H3,(H,13,16). The number of carbonyl (C=O) groups excluding carboxylic acids is 2. The van der Waals surface area contributed by atoms with Gasteiger partial charge in [-0.25, -0.2) is 4.79 Å². The summed E-state index contributed by atoms with van der Waals surface area (Å²) in [5.41, 5.74) is 0. The highest BCUT2D eigenvalue weighted by Gasteiger charge is 2.41. The first kappa shape index (κ1) is 12.8. The Bertz CT molecular complexity index is 291. The van der Waals surface area contributed by atoms with E-state index in [1.807, 2.05) is 6.92 Å². The highest BCUT2D eigenvalue weighted by molar-refractivity contribution is 5.98. The predicted octanol–water partition coefficient (Wildman–Crippen LogP) is 1.52. The molecule has 0 radical (unpaired) electrons. The number of alkyl halides is 3. The van der Waals surface area contributed by atoms with Gasteiger partial charge < -0.3 is 5.32 Å². The summed E-state index contributed by atoms with van der Waals surface area (Å²) in [5.74, 6) is -1.27. The molecule has 1 unspecified atom stereocenters. The van der Waals surface area contributed by atoms with Gasteiger partial charge in [-0.1, -0.05) is 13.3 Å². The number of nitrogens with zero attached hydrogens (tertiary/aromatic N) is 1. The molecular weight excluding hydrogens is 225 g/mol. The number of nitrogens with one attached hydrogen (secondary N) is 1. The smallest absolute Gasteiger partial charge is 0.337 e. The van der Waals surface area contributed by atoms with Crippen molar-refractivity contribution in [2.24, 2.45) is 5.92 Å². The molecule has 16 heavy (non-hydrogen) atoms. The zero-order chi connectivity index (χ0) is 12.3. The van der Waals surface area contributed by atoms with Gasteiger partial charge in [0, 0.05) is 6.54 Å². The molecule has 1 aliphatic rings. The Morgan fingerprint density at radius 2 is 2.06 bits per heavy atom. The Balaban J connectivity index is 2.72. The van der Waals surface area contributed by atoms with E-state index in [1.165, 1.54) is 0 Å². The van der Waals surface area contributed by atoms with E-state index in [-0.39, 0.29) is 11.4 Å². The topological polar surface area (TPSA) is 49.4 Å². The van der Waals surface area contributed by atoms with Crippen LogP contribution in [0.5, 0.6) is 0 Å².